The van der Waals surface area contributed by atoms with Crippen molar-refractivity contribution in [1.82, 2.24) is 10.7 Å². The van der Waals surface area contributed by atoms with Crippen LogP contribution in [0.15, 0.2) is 90.0 Å². The lowest BCUT2D eigenvalue weighted by Gasteiger charge is -2.20. The van der Waals surface area contributed by atoms with E-state index in [2.05, 4.69) is 34.6 Å². The molecule has 2 N–H and O–H groups in total. The molecule has 0 bridgehead atoms. The molecule has 0 atom stereocenters. The first-order valence-corrected chi connectivity index (χ1v) is 11.2. The number of hydrogen-bond acceptors (Lipinski definition) is 4. The van der Waals surface area contributed by atoms with Crippen LogP contribution in [0.1, 0.15) is 36.5 Å². The Balaban J connectivity index is 1.55. The molecule has 0 saturated carbocycles. The maximum Gasteiger partial charge on any atom is 0.259 e. The summed E-state index contributed by atoms with van der Waals surface area (Å²) in [6, 6.07) is 27.0. The number of carbonyl (C=O) groups excluding carboxylic acids is 2. The number of hydrogen-bond donors (Lipinski definition) is 2. The van der Waals surface area contributed by atoms with Crippen molar-refractivity contribution in [3.05, 3.63) is 102 Å². The van der Waals surface area contributed by atoms with E-state index in [1.807, 2.05) is 84.9 Å². The molecule has 0 fully saturated rings. The van der Waals surface area contributed by atoms with E-state index in [1.165, 1.54) is 0 Å². The third-order valence-electron chi connectivity index (χ3n) is 5.38. The van der Waals surface area contributed by atoms with Crippen molar-refractivity contribution in [2.45, 2.75) is 19.8 Å². The van der Waals surface area contributed by atoms with Crippen molar-refractivity contribution in [2.75, 3.05) is 24.5 Å². The normalized spacial score (nSPS) is 10.9. The number of benzene rings is 3. The second kappa shape index (κ2) is 12.2. The van der Waals surface area contributed by atoms with Gasteiger partial charge in [-0.15, -0.1) is 0 Å². The molecule has 0 aliphatic rings. The van der Waals surface area contributed by atoms with Crippen LogP contribution >= 0.6 is 0 Å². The van der Waals surface area contributed by atoms with Gasteiger partial charge in [-0.1, -0.05) is 72.8 Å². The third-order valence-corrected chi connectivity index (χ3v) is 5.38. The Bertz CT molecular complexity index is 1010. The van der Waals surface area contributed by atoms with Gasteiger partial charge in [-0.2, -0.15) is 5.10 Å². The molecule has 0 aliphatic carbocycles. The fourth-order valence-electron chi connectivity index (χ4n) is 3.63. The number of nitrogens with one attached hydrogen (secondary N) is 2. The summed E-state index contributed by atoms with van der Waals surface area (Å²) in [4.78, 5) is 27.4. The van der Waals surface area contributed by atoms with Crippen molar-refractivity contribution in [2.24, 2.45) is 5.10 Å². The van der Waals surface area contributed by atoms with Crippen molar-refractivity contribution < 1.29 is 9.59 Å². The maximum absolute atomic E-state index is 12.9. The van der Waals surface area contributed by atoms with Gasteiger partial charge in [0.05, 0.1) is 18.7 Å². The monoisotopic (exact) mass is 442 g/mol. The van der Waals surface area contributed by atoms with Crippen LogP contribution in [0.3, 0.4) is 0 Å². The Labute approximate surface area is 195 Å². The highest BCUT2D eigenvalue weighted by atomic mass is 16.2. The number of carbonyl (C=O) groups is 2. The lowest BCUT2D eigenvalue weighted by Crippen LogP contribution is -2.37. The smallest absolute Gasteiger partial charge is 0.259 e. The molecule has 3 aromatic rings. The first-order valence-electron chi connectivity index (χ1n) is 11.2. The zero-order valence-corrected chi connectivity index (χ0v) is 19.1. The van der Waals surface area contributed by atoms with Gasteiger partial charge in [0.15, 0.2) is 0 Å². The molecule has 0 spiro atoms. The van der Waals surface area contributed by atoms with Gasteiger partial charge < -0.3 is 10.2 Å². The van der Waals surface area contributed by atoms with Gasteiger partial charge in [0.25, 0.3) is 5.91 Å². The molecular formula is C27H30N4O2. The van der Waals surface area contributed by atoms with E-state index in [9.17, 15) is 9.59 Å². The first-order chi connectivity index (χ1) is 16.1. The largest absolute Gasteiger partial charge is 0.372 e. The predicted molar refractivity (Wildman–Crippen MR) is 133 cm³/mol. The average molecular weight is 443 g/mol. The Morgan fingerprint density at radius 1 is 0.848 bits per heavy atom. The predicted octanol–water partition coefficient (Wildman–Crippen LogP) is 3.93. The Morgan fingerprint density at radius 2 is 1.39 bits per heavy atom. The first kappa shape index (κ1) is 23.7. The highest BCUT2D eigenvalue weighted by Gasteiger charge is 2.22. The van der Waals surface area contributed by atoms with Crippen LogP contribution in [-0.4, -0.2) is 37.7 Å². The fourth-order valence-corrected chi connectivity index (χ4v) is 3.63. The SMILES string of the molecule is CCN(CC)c1ccc(/C=N\NC(=O)CNC(=O)C(c2ccccc2)c2ccccc2)cc1. The topological polar surface area (TPSA) is 73.8 Å². The zero-order chi connectivity index (χ0) is 23.5. The summed E-state index contributed by atoms with van der Waals surface area (Å²) < 4.78 is 0. The minimum absolute atomic E-state index is 0.159. The zero-order valence-electron chi connectivity index (χ0n) is 19.1. The Hall–Kier alpha value is -3.93. The van der Waals surface area contributed by atoms with Crippen LogP contribution in [0.2, 0.25) is 0 Å². The van der Waals surface area contributed by atoms with Gasteiger partial charge in [0.1, 0.15) is 0 Å². The molecule has 3 rings (SSSR count). The number of anilines is 1. The number of amides is 2. The minimum atomic E-state index is -0.493. The number of rotatable bonds is 10. The number of nitrogens with zero attached hydrogens (tertiary/aromatic N) is 2. The van der Waals surface area contributed by atoms with E-state index in [0.29, 0.717) is 0 Å². The number of hydrazone groups is 1. The van der Waals surface area contributed by atoms with Gasteiger partial charge in [-0.05, 0) is 42.7 Å². The van der Waals surface area contributed by atoms with Crippen LogP contribution in [0.25, 0.3) is 0 Å². The molecule has 6 nitrogen and oxygen atoms in total. The van der Waals surface area contributed by atoms with Crippen molar-refractivity contribution in [1.29, 1.82) is 0 Å². The van der Waals surface area contributed by atoms with E-state index in [-0.39, 0.29) is 18.4 Å². The highest BCUT2D eigenvalue weighted by Crippen LogP contribution is 2.24. The third kappa shape index (κ3) is 6.77. The van der Waals surface area contributed by atoms with Gasteiger partial charge in [-0.3, -0.25) is 9.59 Å². The van der Waals surface area contributed by atoms with Crippen molar-refractivity contribution in [3.8, 4) is 0 Å². The molecule has 170 valence electrons. The van der Waals surface area contributed by atoms with Crippen molar-refractivity contribution in [3.63, 3.8) is 0 Å². The van der Waals surface area contributed by atoms with E-state index < -0.39 is 5.92 Å². The van der Waals surface area contributed by atoms with E-state index in [1.54, 1.807) is 6.21 Å². The van der Waals surface area contributed by atoms with Gasteiger partial charge in [0, 0.05) is 18.8 Å². The molecule has 33 heavy (non-hydrogen) atoms. The Kier molecular flexibility index (Phi) is 8.77. The van der Waals surface area contributed by atoms with Crippen LogP contribution in [0.5, 0.6) is 0 Å². The van der Waals surface area contributed by atoms with E-state index in [4.69, 9.17) is 0 Å². The summed E-state index contributed by atoms with van der Waals surface area (Å²) in [7, 11) is 0. The lowest BCUT2D eigenvalue weighted by atomic mass is 9.90. The summed E-state index contributed by atoms with van der Waals surface area (Å²) in [6.45, 7) is 5.97. The second-order valence-corrected chi connectivity index (χ2v) is 7.53. The maximum atomic E-state index is 12.9. The molecule has 0 aromatic heterocycles. The van der Waals surface area contributed by atoms with Crippen LogP contribution in [-0.2, 0) is 9.59 Å². The average Bonchev–Trinajstić information content (AvgIpc) is 2.86. The minimum Gasteiger partial charge on any atom is -0.372 e. The second-order valence-electron chi connectivity index (χ2n) is 7.53. The summed E-state index contributed by atoms with van der Waals surface area (Å²) in [5, 5.41) is 6.74. The van der Waals surface area contributed by atoms with Crippen LogP contribution in [0, 0.1) is 0 Å². The fraction of sp³-hybridized carbons (Fsp3) is 0.222. The van der Waals surface area contributed by atoms with Crippen LogP contribution in [0.4, 0.5) is 5.69 Å². The van der Waals surface area contributed by atoms with Crippen molar-refractivity contribution >= 4 is 23.7 Å². The molecular weight excluding hydrogens is 412 g/mol. The van der Waals surface area contributed by atoms with Gasteiger partial charge in [0.2, 0.25) is 5.91 Å². The molecule has 0 aliphatic heterocycles. The van der Waals surface area contributed by atoms with E-state index in [0.717, 1.165) is 35.5 Å². The molecule has 6 heteroatoms. The van der Waals surface area contributed by atoms with Gasteiger partial charge in [-0.25, -0.2) is 5.43 Å². The summed E-state index contributed by atoms with van der Waals surface area (Å²) in [5.74, 6) is -1.12. The molecule has 2 amide bonds. The van der Waals surface area contributed by atoms with Gasteiger partial charge >= 0.3 is 0 Å². The molecule has 0 unspecified atom stereocenters. The summed E-state index contributed by atoms with van der Waals surface area (Å²) in [5.41, 5.74) is 6.23. The lowest BCUT2D eigenvalue weighted by molar-refractivity contribution is -0.126. The molecule has 0 saturated heterocycles. The molecule has 0 heterocycles. The quantitative estimate of drug-likeness (QED) is 0.369. The van der Waals surface area contributed by atoms with E-state index >= 15 is 0 Å². The molecule has 3 aromatic carbocycles. The summed E-state index contributed by atoms with van der Waals surface area (Å²) >= 11 is 0. The highest BCUT2D eigenvalue weighted by molar-refractivity contribution is 5.91. The summed E-state index contributed by atoms with van der Waals surface area (Å²) in [6.07, 6.45) is 1.59. The standard InChI is InChI=1S/C27H30N4O2/c1-3-31(4-2)24-17-15-21(16-18-24)19-29-30-25(32)20-28-27(33)26(22-11-7-5-8-12-22)23-13-9-6-10-14-23/h5-19,26H,3-4,20H2,1-2H3,(H,28,33)(H,30,32)/b29-19-. The molecule has 0 radical (unpaired) electrons. The Morgan fingerprint density at radius 3 is 1.91 bits per heavy atom. The van der Waals surface area contributed by atoms with Crippen LogP contribution < -0.4 is 15.6 Å².